The first kappa shape index (κ1) is 20.4. The van der Waals surface area contributed by atoms with Crippen molar-refractivity contribution in [2.75, 3.05) is 11.9 Å². The topological polar surface area (TPSA) is 101 Å². The van der Waals surface area contributed by atoms with Gasteiger partial charge in [0.1, 0.15) is 11.4 Å². The van der Waals surface area contributed by atoms with Crippen molar-refractivity contribution in [3.63, 3.8) is 0 Å². The van der Waals surface area contributed by atoms with Gasteiger partial charge in [0.2, 0.25) is 0 Å². The zero-order valence-corrected chi connectivity index (χ0v) is 15.0. The molecule has 1 atom stereocenters. The Morgan fingerprint density at radius 3 is 2.52 bits per heavy atom. The van der Waals surface area contributed by atoms with Crippen LogP contribution in [0.2, 0.25) is 0 Å². The summed E-state index contributed by atoms with van der Waals surface area (Å²) < 4.78 is 34.0. The highest BCUT2D eigenvalue weighted by Gasteiger charge is 2.22. The third-order valence-corrected chi connectivity index (χ3v) is 3.83. The van der Waals surface area contributed by atoms with Crippen LogP contribution in [0.1, 0.15) is 40.3 Å². The van der Waals surface area contributed by atoms with Crippen LogP contribution >= 0.6 is 0 Å². The van der Waals surface area contributed by atoms with Crippen LogP contribution in [0.25, 0.3) is 0 Å². The predicted octanol–water partition coefficient (Wildman–Crippen LogP) is 3.08. The summed E-state index contributed by atoms with van der Waals surface area (Å²) in [4.78, 5) is 27.0. The summed E-state index contributed by atoms with van der Waals surface area (Å²) in [7, 11) is 0. The number of aryl methyl sites for hydroxylation is 1. The zero-order valence-electron chi connectivity index (χ0n) is 15.0. The smallest absolute Gasteiger partial charge is 0.387 e. The molecule has 3 N–H and O–H groups in total. The Balaban J connectivity index is 2.01. The highest BCUT2D eigenvalue weighted by Crippen LogP contribution is 2.26. The molecule has 1 aromatic carbocycles. The molecule has 0 fully saturated rings. The minimum atomic E-state index is -3.04. The lowest BCUT2D eigenvalue weighted by Crippen LogP contribution is -2.22. The molecule has 9 heteroatoms. The predicted molar refractivity (Wildman–Crippen MR) is 92.9 cm³/mol. The fourth-order valence-electron chi connectivity index (χ4n) is 2.75. The maximum Gasteiger partial charge on any atom is 0.387 e. The monoisotopic (exact) mass is 382 g/mol. The summed E-state index contributed by atoms with van der Waals surface area (Å²) >= 11 is 0. The molecule has 0 unspecified atom stereocenters. The third kappa shape index (κ3) is 5.04. The number of hydrogen-bond acceptors (Lipinski definition) is 5. The molecule has 0 saturated carbocycles. The highest BCUT2D eigenvalue weighted by molar-refractivity contribution is 5.96. The van der Waals surface area contributed by atoms with Gasteiger partial charge in [0.15, 0.2) is 6.61 Å². The average Bonchev–Trinajstić information content (AvgIpc) is 2.88. The molecule has 2 rings (SSSR count). The first-order valence-corrected chi connectivity index (χ1v) is 8.08. The van der Waals surface area contributed by atoms with Gasteiger partial charge in [-0.3, -0.25) is 4.79 Å². The van der Waals surface area contributed by atoms with Crippen molar-refractivity contribution in [3.05, 3.63) is 46.8 Å². The van der Waals surface area contributed by atoms with Gasteiger partial charge in [-0.05, 0) is 38.5 Å². The Hall–Kier alpha value is -2.94. The van der Waals surface area contributed by atoms with E-state index in [1.807, 2.05) is 0 Å². The molecule has 0 spiro atoms. The first-order chi connectivity index (χ1) is 12.7. The summed E-state index contributed by atoms with van der Waals surface area (Å²) in [6.07, 6.45) is -0.766. The third-order valence-electron chi connectivity index (χ3n) is 3.83. The van der Waals surface area contributed by atoms with Gasteiger partial charge in [-0.25, -0.2) is 4.79 Å². The second-order valence-corrected chi connectivity index (χ2v) is 5.84. The number of H-pyrrole nitrogens is 1. The average molecular weight is 382 g/mol. The van der Waals surface area contributed by atoms with E-state index in [2.05, 4.69) is 15.0 Å². The number of carbonyl (C=O) groups excluding carboxylic acids is 2. The van der Waals surface area contributed by atoms with Crippen LogP contribution in [0.3, 0.4) is 0 Å². The largest absolute Gasteiger partial charge is 0.451 e. The van der Waals surface area contributed by atoms with Gasteiger partial charge < -0.3 is 24.9 Å². The summed E-state index contributed by atoms with van der Waals surface area (Å²) in [6, 6.07) is 5.66. The van der Waals surface area contributed by atoms with E-state index in [0.717, 1.165) is 0 Å². The van der Waals surface area contributed by atoms with Crippen LogP contribution in [0.4, 0.5) is 14.5 Å². The van der Waals surface area contributed by atoms with Crippen molar-refractivity contribution in [1.29, 1.82) is 0 Å². The van der Waals surface area contributed by atoms with Crippen LogP contribution in [-0.2, 0) is 9.53 Å². The van der Waals surface area contributed by atoms with Gasteiger partial charge in [0, 0.05) is 11.3 Å². The van der Waals surface area contributed by atoms with E-state index in [0.29, 0.717) is 16.8 Å². The minimum Gasteiger partial charge on any atom is -0.451 e. The quantitative estimate of drug-likeness (QED) is 0.639. The molecule has 1 heterocycles. The number of amides is 1. The van der Waals surface area contributed by atoms with Crippen LogP contribution in [0, 0.1) is 13.8 Å². The van der Waals surface area contributed by atoms with E-state index < -0.39 is 31.2 Å². The lowest BCUT2D eigenvalue weighted by atomic mass is 10.1. The number of aliphatic hydroxyl groups is 1. The van der Waals surface area contributed by atoms with Gasteiger partial charge in [-0.1, -0.05) is 12.1 Å². The summed E-state index contributed by atoms with van der Waals surface area (Å²) in [5.41, 5.74) is 1.91. The molecule has 7 nitrogen and oxygen atoms in total. The molecule has 0 aliphatic carbocycles. The molecule has 1 aromatic heterocycles. The maximum atomic E-state index is 12.4. The van der Waals surface area contributed by atoms with Crippen molar-refractivity contribution in [2.24, 2.45) is 0 Å². The lowest BCUT2D eigenvalue weighted by molar-refractivity contribution is -0.119. The number of hydrogen-bond donors (Lipinski definition) is 3. The van der Waals surface area contributed by atoms with Crippen molar-refractivity contribution >= 4 is 17.6 Å². The van der Waals surface area contributed by atoms with E-state index in [1.165, 1.54) is 24.3 Å². The van der Waals surface area contributed by atoms with Crippen molar-refractivity contribution in [3.8, 4) is 5.75 Å². The lowest BCUT2D eigenvalue weighted by Gasteiger charge is -2.11. The SMILES string of the molecule is Cc1[nH]c(C(=O)OCC(=O)Nc2ccccc2OC(F)F)c(C)c1[C@@H](C)O. The van der Waals surface area contributed by atoms with E-state index in [4.69, 9.17) is 4.74 Å². The molecule has 0 saturated heterocycles. The molecule has 0 bridgehead atoms. The number of ether oxygens (including phenoxy) is 2. The standard InChI is InChI=1S/C18H20F2N2O5/c1-9-15(11(3)23)10(2)21-16(9)17(25)26-8-14(24)22-12-6-4-5-7-13(12)27-18(19)20/h4-7,11,18,21,23H,8H2,1-3H3,(H,22,24)/t11-/m1/s1. The summed E-state index contributed by atoms with van der Waals surface area (Å²) in [5, 5.41) is 12.1. The number of alkyl halides is 2. The van der Waals surface area contributed by atoms with Crippen molar-refractivity contribution in [1.82, 2.24) is 4.98 Å². The number of aliphatic hydroxyl groups excluding tert-OH is 1. The Kier molecular flexibility index (Phi) is 6.51. The number of benzene rings is 1. The summed E-state index contributed by atoms with van der Waals surface area (Å²) in [6.45, 7) is 1.27. The number of aromatic nitrogens is 1. The zero-order chi connectivity index (χ0) is 20.1. The number of nitrogens with one attached hydrogen (secondary N) is 2. The minimum absolute atomic E-state index is 0.0298. The second-order valence-electron chi connectivity index (χ2n) is 5.84. The van der Waals surface area contributed by atoms with E-state index in [9.17, 15) is 23.5 Å². The van der Waals surface area contributed by atoms with Crippen LogP contribution < -0.4 is 10.1 Å². The van der Waals surface area contributed by atoms with Gasteiger partial charge in [0.25, 0.3) is 5.91 Å². The second kappa shape index (κ2) is 8.63. The fraction of sp³-hybridized carbons (Fsp3) is 0.333. The molecule has 27 heavy (non-hydrogen) atoms. The molecular weight excluding hydrogens is 362 g/mol. The maximum absolute atomic E-state index is 12.4. The van der Waals surface area contributed by atoms with Gasteiger partial charge in [-0.2, -0.15) is 8.78 Å². The summed E-state index contributed by atoms with van der Waals surface area (Å²) in [5.74, 6) is -1.69. The number of aromatic amines is 1. The Morgan fingerprint density at radius 2 is 1.93 bits per heavy atom. The van der Waals surface area contributed by atoms with E-state index >= 15 is 0 Å². The van der Waals surface area contributed by atoms with Gasteiger partial charge >= 0.3 is 12.6 Å². The molecule has 0 aliphatic heterocycles. The number of para-hydroxylation sites is 2. The van der Waals surface area contributed by atoms with Crippen LogP contribution in [-0.4, -0.2) is 35.2 Å². The fourth-order valence-corrected chi connectivity index (χ4v) is 2.75. The Morgan fingerprint density at radius 1 is 1.26 bits per heavy atom. The molecular formula is C18H20F2N2O5. The number of esters is 1. The molecule has 0 radical (unpaired) electrons. The Bertz CT molecular complexity index is 833. The number of carbonyl (C=O) groups is 2. The van der Waals surface area contributed by atoms with E-state index in [-0.39, 0.29) is 17.1 Å². The molecule has 1 amide bonds. The van der Waals surface area contributed by atoms with Gasteiger partial charge in [0.05, 0.1) is 11.8 Å². The highest BCUT2D eigenvalue weighted by atomic mass is 19.3. The molecule has 146 valence electrons. The van der Waals surface area contributed by atoms with Crippen LogP contribution in [0.15, 0.2) is 24.3 Å². The van der Waals surface area contributed by atoms with Crippen LogP contribution in [0.5, 0.6) is 5.75 Å². The molecule has 2 aromatic rings. The molecule has 0 aliphatic rings. The number of anilines is 1. The Labute approximate surface area is 154 Å². The normalized spacial score (nSPS) is 12.0. The first-order valence-electron chi connectivity index (χ1n) is 8.08. The van der Waals surface area contributed by atoms with E-state index in [1.54, 1.807) is 20.8 Å². The number of halogens is 2. The van der Waals surface area contributed by atoms with Crippen molar-refractivity contribution in [2.45, 2.75) is 33.5 Å². The van der Waals surface area contributed by atoms with Gasteiger partial charge in [-0.15, -0.1) is 0 Å². The number of rotatable bonds is 7. The van der Waals surface area contributed by atoms with Crippen molar-refractivity contribution < 1.29 is 33.0 Å².